The Balaban J connectivity index is 1.72. The maximum atomic E-state index is 12.1. The summed E-state index contributed by atoms with van der Waals surface area (Å²) in [5, 5.41) is 1.15. The van der Waals surface area contributed by atoms with Crippen LogP contribution in [0.5, 0.6) is 0 Å². The van der Waals surface area contributed by atoms with E-state index in [2.05, 4.69) is 29.2 Å². The molecule has 0 radical (unpaired) electrons. The summed E-state index contributed by atoms with van der Waals surface area (Å²) in [6, 6.07) is 10.4. The topological polar surface area (TPSA) is 42.4 Å². The van der Waals surface area contributed by atoms with Gasteiger partial charge in [0.25, 0.3) is 0 Å². The number of fused-ring (bicyclic) bond motifs is 1. The first-order valence-electron chi connectivity index (χ1n) is 7.75. The first kappa shape index (κ1) is 14.8. The summed E-state index contributed by atoms with van der Waals surface area (Å²) < 4.78 is 5.45. The van der Waals surface area contributed by atoms with Gasteiger partial charge in [-0.25, -0.2) is 4.79 Å². The van der Waals surface area contributed by atoms with E-state index in [1.807, 2.05) is 33.0 Å². The van der Waals surface area contributed by atoms with Crippen LogP contribution in [0.2, 0.25) is 0 Å². The van der Waals surface area contributed by atoms with E-state index in [4.69, 9.17) is 4.74 Å². The van der Waals surface area contributed by atoms with E-state index < -0.39 is 5.60 Å². The number of aromatic nitrogens is 1. The minimum atomic E-state index is -0.442. The fraction of sp³-hybridized carbons (Fsp3) is 0.444. The Bertz CT molecular complexity index is 691. The molecule has 1 saturated heterocycles. The number of nitrogens with zero attached hydrogens (tertiary/aromatic N) is 2. The minimum Gasteiger partial charge on any atom is -0.444 e. The number of likely N-dealkylation sites (tertiary alicyclic amines) is 1. The molecule has 0 aliphatic carbocycles. The molecule has 0 saturated carbocycles. The highest BCUT2D eigenvalue weighted by Crippen LogP contribution is 2.29. The molecule has 0 N–H and O–H groups in total. The van der Waals surface area contributed by atoms with Crippen LogP contribution >= 0.6 is 0 Å². The number of hydrogen-bond donors (Lipinski definition) is 0. The second-order valence-electron chi connectivity index (χ2n) is 6.87. The van der Waals surface area contributed by atoms with Crippen LogP contribution in [0, 0.1) is 0 Å². The van der Waals surface area contributed by atoms with Crippen LogP contribution in [0.3, 0.4) is 0 Å². The molecule has 1 fully saturated rings. The molecule has 3 rings (SSSR count). The Labute approximate surface area is 131 Å². The van der Waals surface area contributed by atoms with Gasteiger partial charge in [0, 0.05) is 30.6 Å². The van der Waals surface area contributed by atoms with Gasteiger partial charge in [-0.1, -0.05) is 18.2 Å². The zero-order valence-corrected chi connectivity index (χ0v) is 13.4. The van der Waals surface area contributed by atoms with Gasteiger partial charge in [0.1, 0.15) is 5.60 Å². The highest BCUT2D eigenvalue weighted by Gasteiger charge is 2.30. The van der Waals surface area contributed by atoms with Crippen molar-refractivity contribution >= 4 is 17.0 Å². The molecule has 22 heavy (non-hydrogen) atoms. The van der Waals surface area contributed by atoms with Crippen molar-refractivity contribution in [2.24, 2.45) is 0 Å². The van der Waals surface area contributed by atoms with Gasteiger partial charge >= 0.3 is 6.09 Å². The predicted octanol–water partition coefficient (Wildman–Crippen LogP) is 3.96. The maximum Gasteiger partial charge on any atom is 0.410 e. The number of amides is 1. The van der Waals surface area contributed by atoms with E-state index in [-0.39, 0.29) is 6.09 Å². The summed E-state index contributed by atoms with van der Waals surface area (Å²) in [5.41, 5.74) is 1.81. The molecule has 4 heteroatoms. The van der Waals surface area contributed by atoms with Gasteiger partial charge < -0.3 is 9.64 Å². The van der Waals surface area contributed by atoms with Gasteiger partial charge in [-0.15, -0.1) is 0 Å². The van der Waals surface area contributed by atoms with Gasteiger partial charge in [0.15, 0.2) is 0 Å². The molecule has 4 nitrogen and oxygen atoms in total. The van der Waals surface area contributed by atoms with Crippen molar-refractivity contribution in [1.29, 1.82) is 0 Å². The quantitative estimate of drug-likeness (QED) is 0.800. The Morgan fingerprint density at radius 2 is 2.14 bits per heavy atom. The maximum absolute atomic E-state index is 12.1. The molecule has 1 aliphatic rings. The number of rotatable bonds is 1. The first-order chi connectivity index (χ1) is 10.4. The van der Waals surface area contributed by atoms with Gasteiger partial charge in [0.2, 0.25) is 0 Å². The minimum absolute atomic E-state index is 0.214. The van der Waals surface area contributed by atoms with E-state index in [9.17, 15) is 4.79 Å². The molecule has 1 aromatic heterocycles. The molecule has 2 aromatic rings. The second-order valence-corrected chi connectivity index (χ2v) is 6.87. The third kappa shape index (κ3) is 3.21. The number of benzene rings is 1. The van der Waals surface area contributed by atoms with Crippen LogP contribution in [0.1, 0.15) is 38.7 Å². The number of hydrogen-bond acceptors (Lipinski definition) is 3. The zero-order valence-electron chi connectivity index (χ0n) is 13.4. The third-order valence-electron chi connectivity index (χ3n) is 3.94. The monoisotopic (exact) mass is 298 g/mol. The molecular weight excluding hydrogens is 276 g/mol. The zero-order chi connectivity index (χ0) is 15.7. The van der Waals surface area contributed by atoms with Crippen molar-refractivity contribution in [3.8, 4) is 0 Å². The number of ether oxygens (including phenoxy) is 1. The van der Waals surface area contributed by atoms with Crippen molar-refractivity contribution in [2.45, 2.75) is 38.7 Å². The van der Waals surface area contributed by atoms with Crippen molar-refractivity contribution in [1.82, 2.24) is 9.88 Å². The average molecular weight is 298 g/mol. The van der Waals surface area contributed by atoms with Crippen LogP contribution in [-0.4, -0.2) is 34.7 Å². The van der Waals surface area contributed by atoms with Crippen LogP contribution in [0.15, 0.2) is 36.5 Å². The van der Waals surface area contributed by atoms with Crippen molar-refractivity contribution in [3.63, 3.8) is 0 Å². The standard InChI is InChI=1S/C18H22N2O2/c1-18(2,3)22-17(21)20-10-8-15(12-20)14-7-6-13-5-4-9-19-16(13)11-14/h4-7,9,11,15H,8,10,12H2,1-3H3. The van der Waals surface area contributed by atoms with Gasteiger partial charge in [-0.2, -0.15) is 0 Å². The van der Waals surface area contributed by atoms with E-state index in [0.717, 1.165) is 23.9 Å². The highest BCUT2D eigenvalue weighted by molar-refractivity contribution is 5.79. The summed E-state index contributed by atoms with van der Waals surface area (Å²) in [6.07, 6.45) is 2.57. The lowest BCUT2D eigenvalue weighted by Gasteiger charge is -2.24. The summed E-state index contributed by atoms with van der Waals surface area (Å²) in [7, 11) is 0. The summed E-state index contributed by atoms with van der Waals surface area (Å²) in [6.45, 7) is 7.15. The van der Waals surface area contributed by atoms with Crippen LogP contribution in [0.4, 0.5) is 4.79 Å². The molecule has 2 heterocycles. The van der Waals surface area contributed by atoms with E-state index in [1.165, 1.54) is 5.56 Å². The van der Waals surface area contributed by atoms with E-state index in [1.54, 1.807) is 4.90 Å². The van der Waals surface area contributed by atoms with Gasteiger partial charge in [-0.3, -0.25) is 4.98 Å². The van der Waals surface area contributed by atoms with Crippen LogP contribution in [0.25, 0.3) is 10.9 Å². The summed E-state index contributed by atoms with van der Waals surface area (Å²) in [5.74, 6) is 0.360. The Kier molecular flexibility index (Phi) is 3.77. The van der Waals surface area contributed by atoms with Crippen LogP contribution in [-0.2, 0) is 4.74 Å². The highest BCUT2D eigenvalue weighted by atomic mass is 16.6. The lowest BCUT2D eigenvalue weighted by molar-refractivity contribution is 0.0292. The fourth-order valence-corrected chi connectivity index (χ4v) is 2.86. The van der Waals surface area contributed by atoms with Crippen molar-refractivity contribution in [3.05, 3.63) is 42.1 Å². The lowest BCUT2D eigenvalue weighted by Crippen LogP contribution is -2.35. The second kappa shape index (κ2) is 5.59. The smallest absolute Gasteiger partial charge is 0.410 e. The molecular formula is C18H22N2O2. The Morgan fingerprint density at radius 1 is 1.32 bits per heavy atom. The Morgan fingerprint density at radius 3 is 2.91 bits per heavy atom. The van der Waals surface area contributed by atoms with Crippen molar-refractivity contribution in [2.75, 3.05) is 13.1 Å². The molecule has 0 bridgehead atoms. The third-order valence-corrected chi connectivity index (χ3v) is 3.94. The van der Waals surface area contributed by atoms with Crippen molar-refractivity contribution < 1.29 is 9.53 Å². The van der Waals surface area contributed by atoms with E-state index in [0.29, 0.717) is 12.5 Å². The SMILES string of the molecule is CC(C)(C)OC(=O)N1CCC(c2ccc3cccnc3c2)C1. The molecule has 1 atom stereocenters. The summed E-state index contributed by atoms with van der Waals surface area (Å²) >= 11 is 0. The average Bonchev–Trinajstić information content (AvgIpc) is 2.95. The largest absolute Gasteiger partial charge is 0.444 e. The Hall–Kier alpha value is -2.10. The molecule has 116 valence electrons. The number of carbonyl (C=O) groups is 1. The predicted molar refractivity (Wildman–Crippen MR) is 86.9 cm³/mol. The molecule has 1 amide bonds. The van der Waals surface area contributed by atoms with Crippen LogP contribution < -0.4 is 0 Å². The molecule has 1 aliphatic heterocycles. The first-order valence-corrected chi connectivity index (χ1v) is 7.75. The molecule has 0 spiro atoms. The molecule has 1 unspecified atom stereocenters. The normalized spacial score (nSPS) is 18.7. The van der Waals surface area contributed by atoms with Gasteiger partial charge in [-0.05, 0) is 44.9 Å². The van der Waals surface area contributed by atoms with E-state index >= 15 is 0 Å². The number of carbonyl (C=O) groups excluding carboxylic acids is 1. The lowest BCUT2D eigenvalue weighted by atomic mass is 9.97. The fourth-order valence-electron chi connectivity index (χ4n) is 2.86. The van der Waals surface area contributed by atoms with Gasteiger partial charge in [0.05, 0.1) is 5.52 Å². The number of pyridine rings is 1. The molecule has 1 aromatic carbocycles. The summed E-state index contributed by atoms with van der Waals surface area (Å²) in [4.78, 5) is 18.4.